The number of amides is 1. The number of ether oxygens (including phenoxy) is 1. The summed E-state index contributed by atoms with van der Waals surface area (Å²) < 4.78 is 5.13. The Kier molecular flexibility index (Phi) is 5.18. The van der Waals surface area contributed by atoms with E-state index in [-0.39, 0.29) is 5.69 Å². The van der Waals surface area contributed by atoms with E-state index in [9.17, 15) is 14.9 Å². The molecule has 2 rings (SSSR count). The average molecular weight is 332 g/mol. The van der Waals surface area contributed by atoms with Crippen LogP contribution in [-0.4, -0.2) is 33.4 Å². The highest BCUT2D eigenvalue weighted by Crippen LogP contribution is 2.22. The Morgan fingerprint density at radius 2 is 2.21 bits per heavy atom. The SMILES string of the molecule is CC(C)(C)OC(=O)NCCC=Cc1[nH]nc2ccc([N+](=O)[O-])cc12. The van der Waals surface area contributed by atoms with Gasteiger partial charge in [0, 0.05) is 24.1 Å². The van der Waals surface area contributed by atoms with Crippen molar-refractivity contribution in [3.05, 3.63) is 40.1 Å². The molecule has 0 saturated heterocycles. The van der Waals surface area contributed by atoms with Crippen LogP contribution in [0, 0.1) is 10.1 Å². The van der Waals surface area contributed by atoms with Gasteiger partial charge in [-0.15, -0.1) is 0 Å². The molecule has 1 aromatic heterocycles. The quantitative estimate of drug-likeness (QED) is 0.495. The molecule has 0 aliphatic rings. The Hall–Kier alpha value is -2.90. The zero-order valence-electron chi connectivity index (χ0n) is 13.8. The van der Waals surface area contributed by atoms with Crippen molar-refractivity contribution in [2.45, 2.75) is 32.8 Å². The number of hydrogen-bond donors (Lipinski definition) is 2. The molecule has 1 heterocycles. The van der Waals surface area contributed by atoms with Gasteiger partial charge in [0.25, 0.3) is 5.69 Å². The molecule has 0 aliphatic heterocycles. The van der Waals surface area contributed by atoms with E-state index in [1.807, 2.05) is 6.08 Å². The molecule has 0 radical (unpaired) electrons. The molecule has 0 atom stereocenters. The first-order chi connectivity index (χ1) is 11.3. The number of aromatic nitrogens is 2. The van der Waals surface area contributed by atoms with E-state index in [1.54, 1.807) is 32.9 Å². The fraction of sp³-hybridized carbons (Fsp3) is 0.375. The average Bonchev–Trinajstić information content (AvgIpc) is 2.87. The van der Waals surface area contributed by atoms with Crippen molar-refractivity contribution in [1.82, 2.24) is 15.5 Å². The third kappa shape index (κ3) is 4.80. The minimum Gasteiger partial charge on any atom is -0.444 e. The lowest BCUT2D eigenvalue weighted by Gasteiger charge is -2.19. The number of nitrogens with zero attached hydrogens (tertiary/aromatic N) is 2. The molecule has 0 unspecified atom stereocenters. The number of carbonyl (C=O) groups is 1. The molecule has 1 amide bonds. The molecule has 0 aliphatic carbocycles. The van der Waals surface area contributed by atoms with E-state index >= 15 is 0 Å². The summed E-state index contributed by atoms with van der Waals surface area (Å²) in [5.41, 5.74) is 0.840. The van der Waals surface area contributed by atoms with Crippen molar-refractivity contribution in [2.75, 3.05) is 6.54 Å². The lowest BCUT2D eigenvalue weighted by molar-refractivity contribution is -0.384. The minimum absolute atomic E-state index is 0.0187. The van der Waals surface area contributed by atoms with Crippen LogP contribution in [0.25, 0.3) is 17.0 Å². The standard InChI is InChI=1S/C16H20N4O4/c1-16(2,3)24-15(21)17-9-5-4-6-13-12-10-11(20(22)23)7-8-14(12)19-18-13/h4,6-8,10H,5,9H2,1-3H3,(H,17,21)(H,18,19). The molecule has 2 aromatic rings. The fourth-order valence-electron chi connectivity index (χ4n) is 2.03. The van der Waals surface area contributed by atoms with Gasteiger partial charge >= 0.3 is 6.09 Å². The second-order valence-corrected chi connectivity index (χ2v) is 6.22. The van der Waals surface area contributed by atoms with Crippen LogP contribution in [-0.2, 0) is 4.74 Å². The summed E-state index contributed by atoms with van der Waals surface area (Å²) in [7, 11) is 0. The maximum atomic E-state index is 11.5. The molecule has 24 heavy (non-hydrogen) atoms. The first-order valence-electron chi connectivity index (χ1n) is 7.52. The molecule has 0 fully saturated rings. The van der Waals surface area contributed by atoms with Crippen LogP contribution in [0.15, 0.2) is 24.3 Å². The summed E-state index contributed by atoms with van der Waals surface area (Å²) >= 11 is 0. The Labute approximate surface area is 139 Å². The normalized spacial score (nSPS) is 11.8. The molecule has 0 bridgehead atoms. The number of nitro groups is 1. The van der Waals surface area contributed by atoms with E-state index in [4.69, 9.17) is 4.74 Å². The summed E-state index contributed by atoms with van der Waals surface area (Å²) in [5.74, 6) is 0. The minimum atomic E-state index is -0.524. The van der Waals surface area contributed by atoms with Crippen molar-refractivity contribution in [2.24, 2.45) is 0 Å². The van der Waals surface area contributed by atoms with Crippen molar-refractivity contribution in [1.29, 1.82) is 0 Å². The van der Waals surface area contributed by atoms with E-state index in [2.05, 4.69) is 15.5 Å². The molecule has 2 N–H and O–H groups in total. The summed E-state index contributed by atoms with van der Waals surface area (Å²) in [6, 6.07) is 4.50. The predicted octanol–water partition coefficient (Wildman–Crippen LogP) is 3.40. The highest BCUT2D eigenvalue weighted by atomic mass is 16.6. The van der Waals surface area contributed by atoms with Crippen molar-refractivity contribution >= 4 is 28.8 Å². The maximum Gasteiger partial charge on any atom is 0.407 e. The molecular weight excluding hydrogens is 312 g/mol. The molecule has 8 nitrogen and oxygen atoms in total. The molecule has 1 aromatic carbocycles. The van der Waals surface area contributed by atoms with Gasteiger partial charge in [0.2, 0.25) is 0 Å². The van der Waals surface area contributed by atoms with E-state index in [0.29, 0.717) is 29.6 Å². The van der Waals surface area contributed by atoms with Gasteiger partial charge in [0.05, 0.1) is 16.1 Å². The van der Waals surface area contributed by atoms with Gasteiger partial charge < -0.3 is 10.1 Å². The van der Waals surface area contributed by atoms with Crippen LogP contribution >= 0.6 is 0 Å². The summed E-state index contributed by atoms with van der Waals surface area (Å²) in [6.07, 6.45) is 3.77. The zero-order valence-corrected chi connectivity index (χ0v) is 13.8. The van der Waals surface area contributed by atoms with Gasteiger partial charge in [-0.2, -0.15) is 5.10 Å². The summed E-state index contributed by atoms with van der Waals surface area (Å²) in [4.78, 5) is 21.9. The van der Waals surface area contributed by atoms with Gasteiger partial charge in [-0.05, 0) is 39.3 Å². The Balaban J connectivity index is 1.93. The highest BCUT2D eigenvalue weighted by Gasteiger charge is 2.15. The van der Waals surface area contributed by atoms with Crippen LogP contribution in [0.1, 0.15) is 32.9 Å². The highest BCUT2D eigenvalue weighted by molar-refractivity contribution is 5.88. The number of carbonyl (C=O) groups excluding carboxylic acids is 1. The summed E-state index contributed by atoms with van der Waals surface area (Å²) in [5, 5.41) is 21.1. The third-order valence-electron chi connectivity index (χ3n) is 3.04. The van der Waals surface area contributed by atoms with Crippen molar-refractivity contribution in [3.63, 3.8) is 0 Å². The number of non-ortho nitro benzene ring substituents is 1. The second kappa shape index (κ2) is 7.12. The number of rotatable bonds is 5. The number of aromatic amines is 1. The molecule has 0 saturated carbocycles. The lowest BCUT2D eigenvalue weighted by Crippen LogP contribution is -2.32. The lowest BCUT2D eigenvalue weighted by atomic mass is 10.2. The van der Waals surface area contributed by atoms with Gasteiger partial charge in [-0.3, -0.25) is 15.2 Å². The number of hydrogen-bond acceptors (Lipinski definition) is 5. The van der Waals surface area contributed by atoms with E-state index in [0.717, 1.165) is 0 Å². The number of alkyl carbamates (subject to hydrolysis) is 1. The van der Waals surface area contributed by atoms with E-state index in [1.165, 1.54) is 12.1 Å². The molecule has 8 heteroatoms. The molecule has 0 spiro atoms. The van der Waals surface area contributed by atoms with Gasteiger partial charge in [0.15, 0.2) is 0 Å². The topological polar surface area (TPSA) is 110 Å². The van der Waals surface area contributed by atoms with Gasteiger partial charge in [-0.1, -0.05) is 6.08 Å². The van der Waals surface area contributed by atoms with Crippen LogP contribution in [0.5, 0.6) is 0 Å². The van der Waals surface area contributed by atoms with Crippen LogP contribution in [0.2, 0.25) is 0 Å². The van der Waals surface area contributed by atoms with Gasteiger partial charge in [0.1, 0.15) is 5.60 Å². The number of benzene rings is 1. The predicted molar refractivity (Wildman–Crippen MR) is 90.6 cm³/mol. The number of fused-ring (bicyclic) bond motifs is 1. The first kappa shape index (κ1) is 17.5. The monoisotopic (exact) mass is 332 g/mol. The van der Waals surface area contributed by atoms with E-state index < -0.39 is 16.6 Å². The third-order valence-corrected chi connectivity index (χ3v) is 3.04. The zero-order chi connectivity index (χ0) is 17.7. The smallest absolute Gasteiger partial charge is 0.407 e. The van der Waals surface area contributed by atoms with Crippen LogP contribution < -0.4 is 5.32 Å². The van der Waals surface area contributed by atoms with Crippen LogP contribution in [0.4, 0.5) is 10.5 Å². The Morgan fingerprint density at radius 3 is 2.88 bits per heavy atom. The number of nitrogens with one attached hydrogen (secondary N) is 2. The Bertz CT molecular complexity index is 774. The first-order valence-corrected chi connectivity index (χ1v) is 7.52. The number of H-pyrrole nitrogens is 1. The molecular formula is C16H20N4O4. The fourth-order valence-corrected chi connectivity index (χ4v) is 2.03. The maximum absolute atomic E-state index is 11.5. The number of nitro benzene ring substituents is 1. The summed E-state index contributed by atoms with van der Waals surface area (Å²) in [6.45, 7) is 5.83. The Morgan fingerprint density at radius 1 is 1.46 bits per heavy atom. The van der Waals surface area contributed by atoms with Crippen LogP contribution in [0.3, 0.4) is 0 Å². The van der Waals surface area contributed by atoms with Crippen molar-refractivity contribution < 1.29 is 14.5 Å². The largest absolute Gasteiger partial charge is 0.444 e. The molecule has 128 valence electrons. The second-order valence-electron chi connectivity index (χ2n) is 6.22. The van der Waals surface area contributed by atoms with Crippen molar-refractivity contribution in [3.8, 4) is 0 Å². The van der Waals surface area contributed by atoms with Gasteiger partial charge in [-0.25, -0.2) is 4.79 Å².